The Hall–Kier alpha value is -3.15. The Morgan fingerprint density at radius 3 is 1.33 bits per heavy atom. The average molecular weight is 507 g/mol. The minimum Gasteiger partial charge on any atom is -0.497 e. The van der Waals surface area contributed by atoms with E-state index in [1.54, 1.807) is 24.3 Å². The molecule has 0 fully saturated rings. The van der Waals surface area contributed by atoms with Gasteiger partial charge in [0.2, 0.25) is 9.84 Å². The van der Waals surface area contributed by atoms with Crippen LogP contribution < -0.4 is 28.4 Å². The molecule has 0 spiro atoms. The zero-order valence-electron chi connectivity index (χ0n) is 18.0. The molecule has 2 aromatic heterocycles. The molecule has 0 aliphatic rings. The zero-order chi connectivity index (χ0) is 23.9. The molecular weight excluding hydrogens is 488 g/mol. The van der Waals surface area contributed by atoms with E-state index in [1.807, 2.05) is 0 Å². The van der Waals surface area contributed by atoms with Crippen molar-refractivity contribution in [3.8, 4) is 23.0 Å². The van der Waals surface area contributed by atoms with Crippen LogP contribution in [0, 0.1) is 0 Å². The van der Waals surface area contributed by atoms with Crippen LogP contribution in [0.25, 0.3) is 20.2 Å². The average Bonchev–Trinajstić information content (AvgIpc) is 2.81. The first kappa shape index (κ1) is 23.0. The fourth-order valence-electron chi connectivity index (χ4n) is 3.35. The van der Waals surface area contributed by atoms with Crippen LogP contribution in [0.15, 0.2) is 55.8 Å². The third-order valence-corrected chi connectivity index (χ3v) is 8.95. The molecule has 8 nitrogen and oxygen atoms in total. The molecule has 172 valence electrons. The minimum absolute atomic E-state index is 0.342. The van der Waals surface area contributed by atoms with E-state index in [-0.39, 0.29) is 0 Å². The summed E-state index contributed by atoms with van der Waals surface area (Å²) in [5.74, 6) is 1.61. The summed E-state index contributed by atoms with van der Waals surface area (Å²) >= 11 is 1.47. The van der Waals surface area contributed by atoms with Gasteiger partial charge in [-0.2, -0.15) is 0 Å². The lowest BCUT2D eigenvalue weighted by Gasteiger charge is -2.11. The van der Waals surface area contributed by atoms with Gasteiger partial charge >= 0.3 is 0 Å². The summed E-state index contributed by atoms with van der Waals surface area (Å²) in [4.78, 5) is 24.7. The summed E-state index contributed by atoms with van der Waals surface area (Å²) in [6.07, 6.45) is 0. The van der Waals surface area contributed by atoms with Crippen LogP contribution in [0.4, 0.5) is 0 Å². The van der Waals surface area contributed by atoms with Crippen LogP contribution in [-0.4, -0.2) is 36.9 Å². The third-order valence-electron chi connectivity index (χ3n) is 5.00. The maximum atomic E-state index is 13.5. The van der Waals surface area contributed by atoms with E-state index in [9.17, 15) is 18.0 Å². The van der Waals surface area contributed by atoms with Crippen LogP contribution in [-0.2, 0) is 9.84 Å². The molecule has 0 saturated carbocycles. The van der Waals surface area contributed by atoms with E-state index < -0.39 is 29.1 Å². The number of methoxy groups -OCH3 is 4. The van der Waals surface area contributed by atoms with Gasteiger partial charge in [-0.15, -0.1) is 0 Å². The molecule has 0 saturated heterocycles. The Morgan fingerprint density at radius 1 is 0.606 bits per heavy atom. The van der Waals surface area contributed by atoms with Gasteiger partial charge in [0.15, 0.2) is 0 Å². The number of ether oxygens (including phenoxy) is 4. The number of fused-ring (bicyclic) bond motifs is 2. The van der Waals surface area contributed by atoms with Crippen molar-refractivity contribution in [2.24, 2.45) is 0 Å². The summed E-state index contributed by atoms with van der Waals surface area (Å²) in [6.45, 7) is 0. The Balaban J connectivity index is 2.00. The van der Waals surface area contributed by atoms with Gasteiger partial charge in [0.1, 0.15) is 32.8 Å². The molecule has 0 aliphatic heterocycles. The number of hydrogen-bond acceptors (Lipinski definition) is 10. The largest absolute Gasteiger partial charge is 0.497 e. The van der Waals surface area contributed by atoms with Crippen molar-refractivity contribution < 1.29 is 27.4 Å². The van der Waals surface area contributed by atoms with E-state index in [0.29, 0.717) is 43.2 Å². The van der Waals surface area contributed by atoms with Crippen LogP contribution >= 0.6 is 22.7 Å². The van der Waals surface area contributed by atoms with Crippen molar-refractivity contribution in [1.82, 2.24) is 0 Å². The maximum absolute atomic E-state index is 13.5. The standard InChI is InChI=1S/C22H18O8S3/c1-27-11-5-15(29-3)13-9-19(21(23)31-17(13)7-11)33(25,26)20-10-14-16(30-4)6-12(28-2)8-18(14)32-22(20)24/h5-10H,1-4H3. The molecule has 4 aromatic rings. The van der Waals surface area contributed by atoms with Crippen molar-refractivity contribution in [3.05, 3.63) is 55.5 Å². The number of hydrogen-bond donors (Lipinski definition) is 0. The summed E-state index contributed by atoms with van der Waals surface area (Å²) in [7, 11) is 1.37. The first-order chi connectivity index (χ1) is 15.7. The van der Waals surface area contributed by atoms with E-state index in [0.717, 1.165) is 22.7 Å². The SMILES string of the molecule is COc1cc(OC)c2cc(S(=O)(=O)c3cc4c(OC)cc(OC)cc4sc3=O)c(=O)sc2c1. The van der Waals surface area contributed by atoms with Crippen LogP contribution in [0.1, 0.15) is 0 Å². The highest BCUT2D eigenvalue weighted by atomic mass is 32.2. The molecule has 2 aromatic carbocycles. The molecule has 0 bridgehead atoms. The predicted octanol–water partition coefficient (Wildman–Crippen LogP) is 3.70. The van der Waals surface area contributed by atoms with E-state index >= 15 is 0 Å². The highest BCUT2D eigenvalue weighted by molar-refractivity contribution is 7.91. The van der Waals surface area contributed by atoms with Gasteiger partial charge in [0.05, 0.1) is 28.4 Å². The lowest BCUT2D eigenvalue weighted by atomic mass is 10.2. The van der Waals surface area contributed by atoms with E-state index in [1.165, 1.54) is 40.6 Å². The van der Waals surface area contributed by atoms with Gasteiger partial charge < -0.3 is 18.9 Å². The van der Waals surface area contributed by atoms with Crippen molar-refractivity contribution in [2.75, 3.05) is 28.4 Å². The van der Waals surface area contributed by atoms with Crippen molar-refractivity contribution in [1.29, 1.82) is 0 Å². The quantitative estimate of drug-likeness (QED) is 0.390. The van der Waals surface area contributed by atoms with Crippen molar-refractivity contribution >= 4 is 52.7 Å². The summed E-state index contributed by atoms with van der Waals surface area (Å²) in [6, 6.07) is 8.89. The van der Waals surface area contributed by atoms with Gasteiger partial charge in [0, 0.05) is 32.3 Å². The van der Waals surface area contributed by atoms with Gasteiger partial charge in [-0.3, -0.25) is 9.59 Å². The number of benzene rings is 2. The lowest BCUT2D eigenvalue weighted by molar-refractivity contribution is 0.398. The first-order valence-corrected chi connectivity index (χ1v) is 12.5. The lowest BCUT2D eigenvalue weighted by Crippen LogP contribution is -2.18. The van der Waals surface area contributed by atoms with Gasteiger partial charge in [-0.25, -0.2) is 8.42 Å². The monoisotopic (exact) mass is 506 g/mol. The summed E-state index contributed by atoms with van der Waals surface area (Å²) in [5.41, 5.74) is 0. The van der Waals surface area contributed by atoms with Gasteiger partial charge in [-0.05, 0) is 24.3 Å². The zero-order valence-corrected chi connectivity index (χ0v) is 20.4. The summed E-state index contributed by atoms with van der Waals surface area (Å²) in [5, 5.41) is 0.835. The van der Waals surface area contributed by atoms with Crippen LogP contribution in [0.5, 0.6) is 23.0 Å². The first-order valence-electron chi connectivity index (χ1n) is 9.38. The minimum atomic E-state index is -4.44. The van der Waals surface area contributed by atoms with Crippen molar-refractivity contribution in [2.45, 2.75) is 9.79 Å². The fraction of sp³-hybridized carbons (Fsp3) is 0.182. The molecule has 0 radical (unpaired) electrons. The molecule has 0 atom stereocenters. The van der Waals surface area contributed by atoms with E-state index in [4.69, 9.17) is 18.9 Å². The molecule has 11 heteroatoms. The molecule has 33 heavy (non-hydrogen) atoms. The fourth-order valence-corrected chi connectivity index (χ4v) is 7.09. The second kappa shape index (κ2) is 8.65. The highest BCUT2D eigenvalue weighted by Gasteiger charge is 2.27. The highest BCUT2D eigenvalue weighted by Crippen LogP contribution is 2.36. The molecule has 0 unspecified atom stereocenters. The normalized spacial score (nSPS) is 11.5. The number of sulfone groups is 1. The van der Waals surface area contributed by atoms with Crippen LogP contribution in [0.2, 0.25) is 0 Å². The molecular formula is C22H18O8S3. The predicted molar refractivity (Wildman–Crippen MR) is 128 cm³/mol. The molecule has 2 heterocycles. The second-order valence-corrected chi connectivity index (χ2v) is 10.7. The molecule has 0 amide bonds. The maximum Gasteiger partial charge on any atom is 0.251 e. The van der Waals surface area contributed by atoms with Crippen molar-refractivity contribution in [3.63, 3.8) is 0 Å². The Morgan fingerprint density at radius 2 is 1.00 bits per heavy atom. The Labute approximate surface area is 196 Å². The summed E-state index contributed by atoms with van der Waals surface area (Å²) < 4.78 is 47.7. The van der Waals surface area contributed by atoms with Gasteiger partial charge in [0.25, 0.3) is 9.48 Å². The smallest absolute Gasteiger partial charge is 0.251 e. The van der Waals surface area contributed by atoms with Crippen LogP contribution in [0.3, 0.4) is 0 Å². The Kier molecular flexibility index (Phi) is 6.04. The second-order valence-electron chi connectivity index (χ2n) is 6.78. The van der Waals surface area contributed by atoms with Gasteiger partial charge in [-0.1, -0.05) is 22.7 Å². The third kappa shape index (κ3) is 3.92. The number of rotatable bonds is 6. The van der Waals surface area contributed by atoms with E-state index in [2.05, 4.69) is 0 Å². The molecule has 0 N–H and O–H groups in total. The molecule has 4 rings (SSSR count). The topological polar surface area (TPSA) is 105 Å². The Bertz CT molecular complexity index is 1500. The molecule has 0 aliphatic carbocycles.